The Morgan fingerprint density at radius 1 is 1.12 bits per heavy atom. The number of carbonyl (C=O) groups is 1. The number of rotatable bonds is 5. The van der Waals surface area contributed by atoms with E-state index in [-0.39, 0.29) is 0 Å². The smallest absolute Gasteiger partial charge is 0.273 e. The number of benzene rings is 2. The summed E-state index contributed by atoms with van der Waals surface area (Å²) in [5, 5.41) is 14.8. The largest absolute Gasteiger partial charge is 0.455 e. The van der Waals surface area contributed by atoms with Crippen molar-refractivity contribution in [3.63, 3.8) is 0 Å². The molecule has 0 bridgehead atoms. The van der Waals surface area contributed by atoms with Crippen LogP contribution in [0.2, 0.25) is 10.0 Å². The number of hydrogen-bond acceptors (Lipinski definition) is 4. The van der Waals surface area contributed by atoms with Gasteiger partial charge in [-0.1, -0.05) is 53.5 Å². The van der Waals surface area contributed by atoms with Gasteiger partial charge in [0.25, 0.3) is 5.91 Å². The first-order valence-electron chi connectivity index (χ1n) is 7.66. The molecular weight excluding hydrogens is 375 g/mol. The normalized spacial score (nSPS) is 12.3. The van der Waals surface area contributed by atoms with Crippen LogP contribution in [0.3, 0.4) is 0 Å². The molecule has 0 fully saturated rings. The van der Waals surface area contributed by atoms with Gasteiger partial charge in [-0.25, -0.2) is 5.43 Å². The van der Waals surface area contributed by atoms with E-state index in [1.54, 1.807) is 60.7 Å². The number of hydrogen-bond donors (Lipinski definition) is 2. The van der Waals surface area contributed by atoms with Crippen molar-refractivity contribution >= 4 is 35.3 Å². The summed E-state index contributed by atoms with van der Waals surface area (Å²) in [7, 11) is 0. The second kappa shape index (κ2) is 8.19. The maximum atomic E-state index is 11.9. The molecule has 0 saturated carbocycles. The van der Waals surface area contributed by atoms with E-state index in [0.29, 0.717) is 32.7 Å². The fourth-order valence-electron chi connectivity index (χ4n) is 2.26. The molecule has 1 heterocycles. The lowest BCUT2D eigenvalue weighted by Crippen LogP contribution is -2.25. The van der Waals surface area contributed by atoms with Crippen LogP contribution in [0, 0.1) is 0 Å². The molecule has 5 nitrogen and oxygen atoms in total. The molecular formula is C19H14Cl2N2O3. The van der Waals surface area contributed by atoms with Gasteiger partial charge in [0, 0.05) is 10.6 Å². The van der Waals surface area contributed by atoms with E-state index >= 15 is 0 Å². The van der Waals surface area contributed by atoms with Gasteiger partial charge in [-0.3, -0.25) is 4.79 Å². The minimum absolute atomic E-state index is 0.417. The number of furan rings is 1. The van der Waals surface area contributed by atoms with Crippen LogP contribution < -0.4 is 5.43 Å². The topological polar surface area (TPSA) is 74.8 Å². The fourth-order valence-corrected chi connectivity index (χ4v) is 2.77. The summed E-state index contributed by atoms with van der Waals surface area (Å²) in [5.41, 5.74) is 3.45. The summed E-state index contributed by atoms with van der Waals surface area (Å²) in [6, 6.07) is 17.1. The van der Waals surface area contributed by atoms with Crippen molar-refractivity contribution in [3.8, 4) is 11.3 Å². The molecule has 3 rings (SSSR count). The van der Waals surface area contributed by atoms with Crippen molar-refractivity contribution in [2.24, 2.45) is 5.10 Å². The minimum atomic E-state index is -1.30. The standard InChI is InChI=1S/C19H14Cl2N2O3/c20-13-6-8-15(16(21)10-13)17-9-7-14(26-17)11-22-23-19(25)18(24)12-4-2-1-3-5-12/h1-11,18,24H,(H,23,25)/b22-11+. The van der Waals surface area contributed by atoms with Gasteiger partial charge >= 0.3 is 0 Å². The van der Waals surface area contributed by atoms with Crippen LogP contribution in [0.1, 0.15) is 17.4 Å². The molecule has 2 N–H and O–H groups in total. The molecule has 1 atom stereocenters. The van der Waals surface area contributed by atoms with Gasteiger partial charge in [-0.2, -0.15) is 5.10 Å². The van der Waals surface area contributed by atoms with Gasteiger partial charge in [0.15, 0.2) is 6.10 Å². The van der Waals surface area contributed by atoms with Crippen LogP contribution >= 0.6 is 23.2 Å². The molecule has 132 valence electrons. The Hall–Kier alpha value is -2.60. The second-order valence-electron chi connectivity index (χ2n) is 5.37. The van der Waals surface area contributed by atoms with Crippen LogP contribution in [-0.2, 0) is 4.79 Å². The highest BCUT2D eigenvalue weighted by atomic mass is 35.5. The van der Waals surface area contributed by atoms with Gasteiger partial charge in [-0.05, 0) is 35.9 Å². The first-order chi connectivity index (χ1) is 12.5. The average molecular weight is 389 g/mol. The van der Waals surface area contributed by atoms with Crippen molar-refractivity contribution in [1.82, 2.24) is 5.43 Å². The summed E-state index contributed by atoms with van der Waals surface area (Å²) < 4.78 is 5.63. The quantitative estimate of drug-likeness (QED) is 0.501. The maximum Gasteiger partial charge on any atom is 0.273 e. The molecule has 26 heavy (non-hydrogen) atoms. The Labute approximate surface area is 159 Å². The predicted molar refractivity (Wildman–Crippen MR) is 101 cm³/mol. The van der Waals surface area contributed by atoms with Gasteiger partial charge < -0.3 is 9.52 Å². The van der Waals surface area contributed by atoms with Gasteiger partial charge in [0.2, 0.25) is 0 Å². The number of nitrogens with one attached hydrogen (secondary N) is 1. The van der Waals surface area contributed by atoms with Gasteiger partial charge in [0.1, 0.15) is 11.5 Å². The van der Waals surface area contributed by atoms with E-state index in [2.05, 4.69) is 10.5 Å². The van der Waals surface area contributed by atoms with Crippen LogP contribution in [0.4, 0.5) is 0 Å². The van der Waals surface area contributed by atoms with E-state index in [4.69, 9.17) is 27.6 Å². The summed E-state index contributed by atoms with van der Waals surface area (Å²) in [5.74, 6) is 0.323. The van der Waals surface area contributed by atoms with Crippen LogP contribution in [0.5, 0.6) is 0 Å². The van der Waals surface area contributed by atoms with Crippen molar-refractivity contribution in [1.29, 1.82) is 0 Å². The Morgan fingerprint density at radius 2 is 1.88 bits per heavy atom. The van der Waals surface area contributed by atoms with Crippen LogP contribution in [0.25, 0.3) is 11.3 Å². The number of hydrazone groups is 1. The number of aliphatic hydroxyl groups excluding tert-OH is 1. The number of carbonyl (C=O) groups excluding carboxylic acids is 1. The molecule has 0 spiro atoms. The van der Waals surface area contributed by atoms with Crippen LogP contribution in [0.15, 0.2) is 70.2 Å². The molecule has 0 aliphatic carbocycles. The lowest BCUT2D eigenvalue weighted by Gasteiger charge is -2.08. The van der Waals surface area contributed by atoms with Crippen molar-refractivity contribution < 1.29 is 14.3 Å². The van der Waals surface area contributed by atoms with Crippen molar-refractivity contribution in [2.75, 3.05) is 0 Å². The highest BCUT2D eigenvalue weighted by Gasteiger charge is 2.16. The van der Waals surface area contributed by atoms with E-state index in [1.807, 2.05) is 0 Å². The highest BCUT2D eigenvalue weighted by Crippen LogP contribution is 2.31. The minimum Gasteiger partial charge on any atom is -0.455 e. The third kappa shape index (κ3) is 4.32. The van der Waals surface area contributed by atoms with E-state index in [0.717, 1.165) is 0 Å². The number of aliphatic hydroxyl groups is 1. The van der Waals surface area contributed by atoms with Crippen molar-refractivity contribution in [2.45, 2.75) is 6.10 Å². The molecule has 0 aliphatic heterocycles. The molecule has 0 saturated heterocycles. The van der Waals surface area contributed by atoms with E-state index in [1.165, 1.54) is 6.21 Å². The Balaban J connectivity index is 1.64. The summed E-state index contributed by atoms with van der Waals surface area (Å²) in [6.07, 6.45) is 0.0385. The molecule has 0 aliphatic rings. The monoisotopic (exact) mass is 388 g/mol. The zero-order chi connectivity index (χ0) is 18.5. The number of nitrogens with zero attached hydrogens (tertiary/aromatic N) is 1. The molecule has 7 heteroatoms. The SMILES string of the molecule is O=C(N/N=C/c1ccc(-c2ccc(Cl)cc2Cl)o1)C(O)c1ccccc1. The highest BCUT2D eigenvalue weighted by molar-refractivity contribution is 6.36. The maximum absolute atomic E-state index is 11.9. The van der Waals surface area contributed by atoms with Gasteiger partial charge in [0.05, 0.1) is 11.2 Å². The Bertz CT molecular complexity index is 939. The lowest BCUT2D eigenvalue weighted by atomic mass is 10.1. The number of amides is 1. The number of halogens is 2. The second-order valence-corrected chi connectivity index (χ2v) is 6.22. The molecule has 1 amide bonds. The van der Waals surface area contributed by atoms with Crippen molar-refractivity contribution in [3.05, 3.63) is 82.0 Å². The summed E-state index contributed by atoms with van der Waals surface area (Å²) in [6.45, 7) is 0. The molecule has 1 aromatic heterocycles. The fraction of sp³-hybridized carbons (Fsp3) is 0.0526. The third-order valence-corrected chi connectivity index (χ3v) is 4.10. The summed E-state index contributed by atoms with van der Waals surface area (Å²) >= 11 is 12.0. The zero-order valence-corrected chi connectivity index (χ0v) is 14.9. The lowest BCUT2D eigenvalue weighted by molar-refractivity contribution is -0.129. The molecule has 3 aromatic rings. The molecule has 2 aromatic carbocycles. The van der Waals surface area contributed by atoms with E-state index < -0.39 is 12.0 Å². The molecule has 0 radical (unpaired) electrons. The Kier molecular flexibility index (Phi) is 5.73. The van der Waals surface area contributed by atoms with Crippen LogP contribution in [-0.4, -0.2) is 17.2 Å². The van der Waals surface area contributed by atoms with Gasteiger partial charge in [-0.15, -0.1) is 0 Å². The zero-order valence-electron chi connectivity index (χ0n) is 13.4. The first-order valence-corrected chi connectivity index (χ1v) is 8.41. The predicted octanol–water partition coefficient (Wildman–Crippen LogP) is 4.44. The third-order valence-electron chi connectivity index (χ3n) is 3.55. The average Bonchev–Trinajstić information content (AvgIpc) is 3.10. The molecule has 1 unspecified atom stereocenters. The first kappa shape index (κ1) is 18.2. The summed E-state index contributed by atoms with van der Waals surface area (Å²) in [4.78, 5) is 11.9. The Morgan fingerprint density at radius 3 is 2.62 bits per heavy atom. The van der Waals surface area contributed by atoms with E-state index in [9.17, 15) is 9.90 Å².